The number of aromatic nitrogens is 3. The Balaban J connectivity index is 2.08. The standard InChI is InChI=1S/C16H30N4O/c1-5-9-17-14(16(21-6-2)13-7-8-13)10-15-18-11-19-20(15)12(3)4/h11-14,16-17H,5-10H2,1-4H3. The van der Waals surface area contributed by atoms with E-state index in [0.717, 1.165) is 37.7 Å². The summed E-state index contributed by atoms with van der Waals surface area (Å²) in [7, 11) is 0. The van der Waals surface area contributed by atoms with Gasteiger partial charge in [0.15, 0.2) is 0 Å². The first-order chi connectivity index (χ1) is 10.2. The molecular weight excluding hydrogens is 264 g/mol. The van der Waals surface area contributed by atoms with E-state index in [1.807, 2.05) is 4.68 Å². The Hall–Kier alpha value is -0.940. The van der Waals surface area contributed by atoms with Crippen molar-refractivity contribution < 1.29 is 4.74 Å². The van der Waals surface area contributed by atoms with Gasteiger partial charge in [0.1, 0.15) is 12.2 Å². The fourth-order valence-electron chi connectivity index (χ4n) is 2.88. The van der Waals surface area contributed by atoms with Crippen molar-refractivity contribution in [2.75, 3.05) is 13.2 Å². The highest BCUT2D eigenvalue weighted by Crippen LogP contribution is 2.36. The van der Waals surface area contributed by atoms with E-state index in [-0.39, 0.29) is 0 Å². The van der Waals surface area contributed by atoms with Crippen molar-refractivity contribution in [2.24, 2.45) is 5.92 Å². The smallest absolute Gasteiger partial charge is 0.138 e. The Kier molecular flexibility index (Phi) is 6.18. The van der Waals surface area contributed by atoms with E-state index in [9.17, 15) is 0 Å². The molecule has 1 heterocycles. The van der Waals surface area contributed by atoms with Crippen molar-refractivity contribution in [3.63, 3.8) is 0 Å². The first-order valence-electron chi connectivity index (χ1n) is 8.40. The molecule has 0 amide bonds. The van der Waals surface area contributed by atoms with Gasteiger partial charge in [0.2, 0.25) is 0 Å². The number of nitrogens with zero attached hydrogens (tertiary/aromatic N) is 3. The summed E-state index contributed by atoms with van der Waals surface area (Å²) < 4.78 is 8.08. The predicted molar refractivity (Wildman–Crippen MR) is 84.3 cm³/mol. The van der Waals surface area contributed by atoms with Crippen LogP contribution in [0.2, 0.25) is 0 Å². The zero-order chi connectivity index (χ0) is 15.2. The van der Waals surface area contributed by atoms with Crippen LogP contribution in [0.5, 0.6) is 0 Å². The quantitative estimate of drug-likeness (QED) is 0.720. The van der Waals surface area contributed by atoms with Crippen LogP contribution in [0.1, 0.15) is 58.8 Å². The highest BCUT2D eigenvalue weighted by molar-refractivity contribution is 4.98. The van der Waals surface area contributed by atoms with Crippen LogP contribution in [0.3, 0.4) is 0 Å². The highest BCUT2D eigenvalue weighted by Gasteiger charge is 2.37. The van der Waals surface area contributed by atoms with Gasteiger partial charge in [0, 0.05) is 25.1 Å². The van der Waals surface area contributed by atoms with Crippen molar-refractivity contribution >= 4 is 0 Å². The first-order valence-corrected chi connectivity index (χ1v) is 8.40. The Labute approximate surface area is 128 Å². The molecule has 2 atom stereocenters. The van der Waals surface area contributed by atoms with Crippen molar-refractivity contribution in [3.05, 3.63) is 12.2 Å². The highest BCUT2D eigenvalue weighted by atomic mass is 16.5. The first kappa shape index (κ1) is 16.4. The maximum absolute atomic E-state index is 6.05. The van der Waals surface area contributed by atoms with Crippen molar-refractivity contribution in [3.8, 4) is 0 Å². The molecule has 1 saturated carbocycles. The van der Waals surface area contributed by atoms with Crippen LogP contribution in [-0.4, -0.2) is 40.1 Å². The maximum atomic E-state index is 6.05. The Morgan fingerprint density at radius 2 is 2.14 bits per heavy atom. The second-order valence-corrected chi connectivity index (χ2v) is 6.24. The van der Waals surface area contributed by atoms with Crippen molar-refractivity contribution in [2.45, 2.75) is 71.6 Å². The van der Waals surface area contributed by atoms with Crippen LogP contribution in [0.4, 0.5) is 0 Å². The summed E-state index contributed by atoms with van der Waals surface area (Å²) in [5, 5.41) is 8.03. The van der Waals surface area contributed by atoms with Crippen LogP contribution < -0.4 is 5.32 Å². The second kappa shape index (κ2) is 7.90. The molecule has 5 nitrogen and oxygen atoms in total. The van der Waals surface area contributed by atoms with E-state index in [4.69, 9.17) is 4.74 Å². The van der Waals surface area contributed by atoms with Crippen LogP contribution >= 0.6 is 0 Å². The van der Waals surface area contributed by atoms with Crippen LogP contribution in [0.15, 0.2) is 6.33 Å². The number of hydrogen-bond acceptors (Lipinski definition) is 4. The molecule has 1 fully saturated rings. The summed E-state index contributed by atoms with van der Waals surface area (Å²) in [4.78, 5) is 4.46. The average molecular weight is 294 g/mol. The van der Waals surface area contributed by atoms with Crippen molar-refractivity contribution in [1.29, 1.82) is 0 Å². The lowest BCUT2D eigenvalue weighted by Gasteiger charge is -2.28. The number of rotatable bonds is 10. The molecule has 1 aliphatic carbocycles. The molecule has 1 N–H and O–H groups in total. The Bertz CT molecular complexity index is 414. The summed E-state index contributed by atoms with van der Waals surface area (Å²) >= 11 is 0. The third-order valence-electron chi connectivity index (χ3n) is 4.04. The summed E-state index contributed by atoms with van der Waals surface area (Å²) in [5.41, 5.74) is 0. The normalized spacial score (nSPS) is 18.1. The molecule has 5 heteroatoms. The second-order valence-electron chi connectivity index (χ2n) is 6.24. The summed E-state index contributed by atoms with van der Waals surface area (Å²) in [6.07, 6.45) is 6.59. The number of nitrogens with one attached hydrogen (secondary N) is 1. The molecule has 0 aliphatic heterocycles. The SMILES string of the molecule is CCCNC(Cc1ncnn1C(C)C)C(OCC)C1CC1. The van der Waals surface area contributed by atoms with Gasteiger partial charge < -0.3 is 10.1 Å². The topological polar surface area (TPSA) is 52.0 Å². The molecule has 2 rings (SSSR count). The maximum Gasteiger partial charge on any atom is 0.138 e. The lowest BCUT2D eigenvalue weighted by atomic mass is 10.0. The third kappa shape index (κ3) is 4.51. The van der Waals surface area contributed by atoms with Crippen LogP contribution in [-0.2, 0) is 11.2 Å². The molecule has 0 aromatic carbocycles. The molecular formula is C16H30N4O. The molecule has 1 aliphatic rings. The number of ether oxygens (including phenoxy) is 1. The third-order valence-corrected chi connectivity index (χ3v) is 4.04. The van der Waals surface area contributed by atoms with Gasteiger partial charge in [0.05, 0.1) is 6.10 Å². The Morgan fingerprint density at radius 3 is 2.71 bits per heavy atom. The summed E-state index contributed by atoms with van der Waals surface area (Å²) in [6, 6.07) is 0.680. The van der Waals surface area contributed by atoms with Gasteiger partial charge >= 0.3 is 0 Å². The number of hydrogen-bond donors (Lipinski definition) is 1. The van der Waals surface area contributed by atoms with E-state index in [1.165, 1.54) is 12.8 Å². The minimum Gasteiger partial charge on any atom is -0.377 e. The fraction of sp³-hybridized carbons (Fsp3) is 0.875. The van der Waals surface area contributed by atoms with Crippen LogP contribution in [0.25, 0.3) is 0 Å². The van der Waals surface area contributed by atoms with Gasteiger partial charge in [-0.2, -0.15) is 5.10 Å². The predicted octanol–water partition coefficient (Wildman–Crippen LogP) is 2.58. The van der Waals surface area contributed by atoms with E-state index in [2.05, 4.69) is 43.1 Å². The Morgan fingerprint density at radius 1 is 1.38 bits per heavy atom. The minimum absolute atomic E-state index is 0.305. The fourth-order valence-corrected chi connectivity index (χ4v) is 2.88. The molecule has 1 aromatic heterocycles. The molecule has 0 radical (unpaired) electrons. The van der Waals surface area contributed by atoms with E-state index in [0.29, 0.717) is 18.2 Å². The molecule has 1 aromatic rings. The monoisotopic (exact) mass is 294 g/mol. The summed E-state index contributed by atoms with van der Waals surface area (Å²) in [5.74, 6) is 1.78. The van der Waals surface area contributed by atoms with Gasteiger partial charge in [-0.05, 0) is 52.5 Å². The zero-order valence-electron chi connectivity index (χ0n) is 13.9. The van der Waals surface area contributed by atoms with Gasteiger partial charge in [-0.3, -0.25) is 0 Å². The van der Waals surface area contributed by atoms with Gasteiger partial charge in [0.25, 0.3) is 0 Å². The lowest BCUT2D eigenvalue weighted by molar-refractivity contribution is 0.0184. The van der Waals surface area contributed by atoms with Gasteiger partial charge in [-0.1, -0.05) is 6.92 Å². The van der Waals surface area contributed by atoms with Gasteiger partial charge in [-0.15, -0.1) is 0 Å². The minimum atomic E-state index is 0.305. The largest absolute Gasteiger partial charge is 0.377 e. The molecule has 2 unspecified atom stereocenters. The van der Waals surface area contributed by atoms with E-state index in [1.54, 1.807) is 6.33 Å². The van der Waals surface area contributed by atoms with Gasteiger partial charge in [-0.25, -0.2) is 9.67 Å². The molecule has 21 heavy (non-hydrogen) atoms. The van der Waals surface area contributed by atoms with Crippen LogP contribution in [0, 0.1) is 5.92 Å². The molecule has 0 bridgehead atoms. The zero-order valence-corrected chi connectivity index (χ0v) is 13.9. The lowest BCUT2D eigenvalue weighted by Crippen LogP contribution is -2.45. The van der Waals surface area contributed by atoms with E-state index >= 15 is 0 Å². The summed E-state index contributed by atoms with van der Waals surface area (Å²) in [6.45, 7) is 10.4. The van der Waals surface area contributed by atoms with Crippen molar-refractivity contribution in [1.82, 2.24) is 20.1 Å². The molecule has 120 valence electrons. The molecule has 0 spiro atoms. The molecule has 0 saturated heterocycles. The van der Waals surface area contributed by atoms with E-state index < -0.39 is 0 Å². The average Bonchev–Trinajstić information content (AvgIpc) is 3.19.